The Labute approximate surface area is 154 Å². The van der Waals surface area contributed by atoms with Crippen molar-refractivity contribution in [2.45, 2.75) is 39.2 Å². The number of aromatic nitrogens is 3. The molecule has 6 nitrogen and oxygen atoms in total. The molecule has 1 aliphatic carbocycles. The Bertz CT molecular complexity index is 1030. The first kappa shape index (κ1) is 16.9. The van der Waals surface area contributed by atoms with Crippen molar-refractivity contribution in [3.63, 3.8) is 0 Å². The van der Waals surface area contributed by atoms with Gasteiger partial charge >= 0.3 is 5.97 Å². The van der Waals surface area contributed by atoms with Crippen molar-refractivity contribution >= 4 is 27.5 Å². The smallest absolute Gasteiger partial charge is 0.340 e. The molecule has 0 radical (unpaired) electrons. The number of pyridine rings is 1. The van der Waals surface area contributed by atoms with Gasteiger partial charge in [-0.25, -0.2) is 9.78 Å². The van der Waals surface area contributed by atoms with Crippen LogP contribution in [-0.2, 0) is 17.6 Å². The van der Waals surface area contributed by atoms with Crippen LogP contribution < -0.4 is 5.56 Å². The van der Waals surface area contributed by atoms with Gasteiger partial charge in [0, 0.05) is 17.3 Å². The zero-order chi connectivity index (χ0) is 18.3. The number of nitrogens with zero attached hydrogens (tertiary/aromatic N) is 2. The zero-order valence-electron chi connectivity index (χ0n) is 14.6. The van der Waals surface area contributed by atoms with Crippen molar-refractivity contribution in [1.82, 2.24) is 15.0 Å². The van der Waals surface area contributed by atoms with Crippen molar-refractivity contribution in [2.24, 2.45) is 5.92 Å². The second-order valence-corrected chi connectivity index (χ2v) is 7.86. The minimum Gasteiger partial charge on any atom is -0.451 e. The standard InChI is InChI=1S/C19H19N3O3S/c1-10-5-6-13-14(8-10)26-18-15(13)17(23)21-16(22-18)11(2)25-19(24)12-4-3-7-20-9-12/h3-4,7,9-11H,5-6,8H2,1-2H3,(H,21,22,23)/t10-,11+/m1/s1. The van der Waals surface area contributed by atoms with E-state index in [0.29, 0.717) is 22.7 Å². The van der Waals surface area contributed by atoms with E-state index in [0.717, 1.165) is 29.7 Å². The fraction of sp³-hybridized carbons (Fsp3) is 0.368. The van der Waals surface area contributed by atoms with E-state index in [1.807, 2.05) is 0 Å². The number of aryl methyl sites for hydroxylation is 1. The van der Waals surface area contributed by atoms with E-state index in [9.17, 15) is 9.59 Å². The summed E-state index contributed by atoms with van der Waals surface area (Å²) in [5, 5.41) is 0.700. The Morgan fingerprint density at radius 2 is 2.31 bits per heavy atom. The fourth-order valence-corrected chi connectivity index (χ4v) is 4.72. The molecule has 26 heavy (non-hydrogen) atoms. The lowest BCUT2D eigenvalue weighted by Crippen LogP contribution is -2.18. The van der Waals surface area contributed by atoms with Gasteiger partial charge in [0.05, 0.1) is 10.9 Å². The summed E-state index contributed by atoms with van der Waals surface area (Å²) in [5.41, 5.74) is 1.35. The van der Waals surface area contributed by atoms with Crippen LogP contribution in [0, 0.1) is 5.92 Å². The summed E-state index contributed by atoms with van der Waals surface area (Å²) in [5.74, 6) is 0.507. The normalized spacial score (nSPS) is 17.7. The first-order valence-electron chi connectivity index (χ1n) is 8.68. The number of aromatic amines is 1. The van der Waals surface area contributed by atoms with E-state index in [2.05, 4.69) is 21.9 Å². The zero-order valence-corrected chi connectivity index (χ0v) is 15.4. The van der Waals surface area contributed by atoms with Crippen molar-refractivity contribution in [1.29, 1.82) is 0 Å². The summed E-state index contributed by atoms with van der Waals surface area (Å²) in [6.07, 6.45) is 5.40. The fourth-order valence-electron chi connectivity index (χ4n) is 3.33. The molecule has 0 bridgehead atoms. The molecule has 0 unspecified atom stereocenters. The van der Waals surface area contributed by atoms with Crippen LogP contribution >= 0.6 is 11.3 Å². The Balaban J connectivity index is 1.65. The Kier molecular flexibility index (Phi) is 4.32. The number of hydrogen-bond donors (Lipinski definition) is 1. The van der Waals surface area contributed by atoms with Crippen molar-refractivity contribution in [3.05, 3.63) is 56.7 Å². The van der Waals surface area contributed by atoms with Crippen LogP contribution in [0.3, 0.4) is 0 Å². The lowest BCUT2D eigenvalue weighted by Gasteiger charge is -2.17. The third kappa shape index (κ3) is 3.03. The molecule has 0 aliphatic heterocycles. The van der Waals surface area contributed by atoms with Gasteiger partial charge in [-0.05, 0) is 49.8 Å². The number of thiophene rings is 1. The van der Waals surface area contributed by atoms with Crippen molar-refractivity contribution < 1.29 is 9.53 Å². The summed E-state index contributed by atoms with van der Waals surface area (Å²) in [6, 6.07) is 3.31. The first-order valence-corrected chi connectivity index (χ1v) is 9.50. The van der Waals surface area contributed by atoms with Crippen LogP contribution in [0.5, 0.6) is 0 Å². The van der Waals surface area contributed by atoms with Crippen LogP contribution in [0.1, 0.15) is 53.0 Å². The van der Waals surface area contributed by atoms with Crippen LogP contribution in [0.25, 0.3) is 10.2 Å². The van der Waals surface area contributed by atoms with E-state index in [-0.39, 0.29) is 5.56 Å². The Morgan fingerprint density at radius 3 is 3.08 bits per heavy atom. The number of fused-ring (bicyclic) bond motifs is 3. The highest BCUT2D eigenvalue weighted by Crippen LogP contribution is 2.35. The van der Waals surface area contributed by atoms with Crippen LogP contribution in [0.2, 0.25) is 0 Å². The number of carbonyl (C=O) groups is 1. The summed E-state index contributed by atoms with van der Waals surface area (Å²) in [7, 11) is 0. The molecule has 3 aromatic rings. The largest absolute Gasteiger partial charge is 0.451 e. The van der Waals surface area contributed by atoms with Crippen molar-refractivity contribution in [3.8, 4) is 0 Å². The number of carbonyl (C=O) groups excluding carboxylic acids is 1. The maximum absolute atomic E-state index is 12.6. The highest BCUT2D eigenvalue weighted by atomic mass is 32.1. The highest BCUT2D eigenvalue weighted by Gasteiger charge is 2.24. The number of ether oxygens (including phenoxy) is 1. The van der Waals surface area contributed by atoms with Crippen molar-refractivity contribution in [2.75, 3.05) is 0 Å². The van der Waals surface area contributed by atoms with Gasteiger partial charge < -0.3 is 9.72 Å². The molecule has 134 valence electrons. The molecule has 1 N–H and O–H groups in total. The summed E-state index contributed by atoms with van der Waals surface area (Å²) < 4.78 is 5.44. The van der Waals surface area contributed by atoms with Crippen LogP contribution in [-0.4, -0.2) is 20.9 Å². The molecule has 4 rings (SSSR count). The van der Waals surface area contributed by atoms with E-state index in [1.54, 1.807) is 36.6 Å². The maximum atomic E-state index is 12.6. The number of esters is 1. The molecule has 0 aromatic carbocycles. The van der Waals surface area contributed by atoms with Crippen LogP contribution in [0.15, 0.2) is 29.3 Å². The van der Waals surface area contributed by atoms with Gasteiger partial charge in [0.15, 0.2) is 11.9 Å². The van der Waals surface area contributed by atoms with Gasteiger partial charge in [0.25, 0.3) is 5.56 Å². The average molecular weight is 369 g/mol. The molecule has 0 saturated carbocycles. The van der Waals surface area contributed by atoms with Gasteiger partial charge in [-0.2, -0.15) is 0 Å². The molecular formula is C19H19N3O3S. The Hall–Kier alpha value is -2.54. The molecule has 7 heteroatoms. The molecule has 0 fully saturated rings. The first-order chi connectivity index (χ1) is 12.5. The van der Waals surface area contributed by atoms with Gasteiger partial charge in [0.2, 0.25) is 0 Å². The highest BCUT2D eigenvalue weighted by molar-refractivity contribution is 7.18. The molecule has 2 atom stereocenters. The third-order valence-corrected chi connectivity index (χ3v) is 5.90. The van der Waals surface area contributed by atoms with Gasteiger partial charge in [0.1, 0.15) is 4.83 Å². The Morgan fingerprint density at radius 1 is 1.46 bits per heavy atom. The minimum absolute atomic E-state index is 0.152. The maximum Gasteiger partial charge on any atom is 0.340 e. The molecule has 0 amide bonds. The molecule has 3 heterocycles. The van der Waals surface area contributed by atoms with E-state index in [4.69, 9.17) is 4.74 Å². The summed E-state index contributed by atoms with van der Waals surface area (Å²) in [6.45, 7) is 3.93. The molecule has 3 aromatic heterocycles. The number of rotatable bonds is 3. The number of hydrogen-bond acceptors (Lipinski definition) is 6. The second kappa shape index (κ2) is 6.64. The predicted molar refractivity (Wildman–Crippen MR) is 99.5 cm³/mol. The summed E-state index contributed by atoms with van der Waals surface area (Å²) >= 11 is 1.58. The van der Waals surface area contributed by atoms with E-state index < -0.39 is 12.1 Å². The molecule has 0 spiro atoms. The summed E-state index contributed by atoms with van der Waals surface area (Å²) in [4.78, 5) is 38.1. The van der Waals surface area contributed by atoms with Gasteiger partial charge in [-0.3, -0.25) is 9.78 Å². The quantitative estimate of drug-likeness (QED) is 0.715. The predicted octanol–water partition coefficient (Wildman–Crippen LogP) is 3.42. The molecule has 0 saturated heterocycles. The van der Waals surface area contributed by atoms with E-state index in [1.165, 1.54) is 11.1 Å². The number of nitrogens with one attached hydrogen (secondary N) is 1. The van der Waals surface area contributed by atoms with Crippen LogP contribution in [0.4, 0.5) is 0 Å². The SMILES string of the molecule is C[C@@H]1CCc2c(sc3nc([C@H](C)OC(=O)c4cccnc4)[nH]c(=O)c23)C1. The molecule has 1 aliphatic rings. The average Bonchev–Trinajstić information content (AvgIpc) is 3.00. The second-order valence-electron chi connectivity index (χ2n) is 6.77. The monoisotopic (exact) mass is 369 g/mol. The van der Waals surface area contributed by atoms with E-state index >= 15 is 0 Å². The third-order valence-electron chi connectivity index (χ3n) is 4.75. The lowest BCUT2D eigenvalue weighted by molar-refractivity contribution is 0.0319. The number of H-pyrrole nitrogens is 1. The topological polar surface area (TPSA) is 84.9 Å². The van der Waals surface area contributed by atoms with Gasteiger partial charge in [-0.15, -0.1) is 11.3 Å². The lowest BCUT2D eigenvalue weighted by atomic mass is 9.89. The molecular weight excluding hydrogens is 350 g/mol. The minimum atomic E-state index is -0.655. The van der Waals surface area contributed by atoms with Gasteiger partial charge in [-0.1, -0.05) is 6.92 Å².